The molecule has 0 saturated heterocycles. The van der Waals surface area contributed by atoms with Crippen molar-refractivity contribution in [1.82, 2.24) is 19.6 Å². The minimum absolute atomic E-state index is 0.000112. The summed E-state index contributed by atoms with van der Waals surface area (Å²) >= 11 is 0. The second kappa shape index (κ2) is 9.03. The van der Waals surface area contributed by atoms with E-state index in [1.807, 2.05) is 6.07 Å². The third-order valence-electron chi connectivity index (χ3n) is 5.19. The summed E-state index contributed by atoms with van der Waals surface area (Å²) in [5, 5.41) is 22.6. The second-order valence-electron chi connectivity index (χ2n) is 7.61. The van der Waals surface area contributed by atoms with Crippen molar-refractivity contribution < 1.29 is 14.1 Å². The van der Waals surface area contributed by atoms with Crippen LogP contribution in [0.25, 0.3) is 0 Å². The van der Waals surface area contributed by atoms with Crippen LogP contribution < -0.4 is 5.32 Å². The highest BCUT2D eigenvalue weighted by atomic mass is 19.1. The number of nitrogens with zero attached hydrogens (tertiary/aromatic N) is 5. The minimum atomic E-state index is -0.437. The van der Waals surface area contributed by atoms with Gasteiger partial charge < -0.3 is 5.32 Å². The predicted octanol–water partition coefficient (Wildman–Crippen LogP) is 4.09. The summed E-state index contributed by atoms with van der Waals surface area (Å²) in [6, 6.07) is 14.8. The molecular weight excluding hydrogens is 427 g/mol. The minimum Gasteiger partial charge on any atom is -0.305 e. The monoisotopic (exact) mass is 448 g/mol. The van der Waals surface area contributed by atoms with Crippen LogP contribution in [0.5, 0.6) is 0 Å². The Morgan fingerprint density at radius 3 is 2.52 bits per heavy atom. The molecule has 2 aromatic carbocycles. The van der Waals surface area contributed by atoms with Gasteiger partial charge in [-0.1, -0.05) is 24.3 Å². The van der Waals surface area contributed by atoms with Gasteiger partial charge in [0.05, 0.1) is 18.0 Å². The average molecular weight is 448 g/mol. The molecule has 0 saturated carbocycles. The first kappa shape index (κ1) is 21.9. The highest BCUT2D eigenvalue weighted by molar-refractivity contribution is 6.03. The lowest BCUT2D eigenvalue weighted by Crippen LogP contribution is -2.14. The van der Waals surface area contributed by atoms with Crippen molar-refractivity contribution in [3.63, 3.8) is 0 Å². The maximum atomic E-state index is 13.1. The highest BCUT2D eigenvalue weighted by Crippen LogP contribution is 2.22. The van der Waals surface area contributed by atoms with Gasteiger partial charge in [0.1, 0.15) is 17.2 Å². The van der Waals surface area contributed by atoms with Crippen LogP contribution >= 0.6 is 0 Å². The molecule has 0 atom stereocenters. The number of amides is 1. The van der Waals surface area contributed by atoms with Crippen molar-refractivity contribution in [2.45, 2.75) is 26.9 Å². The maximum absolute atomic E-state index is 13.1. The van der Waals surface area contributed by atoms with Gasteiger partial charge in [-0.25, -0.2) is 4.39 Å². The van der Waals surface area contributed by atoms with Crippen LogP contribution in [0.3, 0.4) is 0 Å². The van der Waals surface area contributed by atoms with E-state index in [2.05, 4.69) is 15.5 Å². The Bertz CT molecular complexity index is 1330. The largest absolute Gasteiger partial charge is 0.312 e. The van der Waals surface area contributed by atoms with Crippen molar-refractivity contribution in [2.75, 3.05) is 5.32 Å². The number of carbonyl (C=O) groups is 1. The number of hydrogen-bond donors (Lipinski definition) is 1. The van der Waals surface area contributed by atoms with E-state index in [1.165, 1.54) is 12.1 Å². The van der Waals surface area contributed by atoms with Gasteiger partial charge in [0.2, 0.25) is 0 Å². The van der Waals surface area contributed by atoms with Crippen LogP contribution in [0.4, 0.5) is 15.9 Å². The van der Waals surface area contributed by atoms with E-state index in [-0.39, 0.29) is 17.4 Å². The number of aryl methyl sites for hydroxylation is 1. The van der Waals surface area contributed by atoms with Crippen LogP contribution in [0.1, 0.15) is 32.9 Å². The van der Waals surface area contributed by atoms with Gasteiger partial charge in [0.15, 0.2) is 5.82 Å². The average Bonchev–Trinajstić information content (AvgIpc) is 3.33. The molecule has 1 amide bonds. The van der Waals surface area contributed by atoms with Gasteiger partial charge >= 0.3 is 5.69 Å². The fraction of sp³-hybridized carbons (Fsp3) is 0.174. The summed E-state index contributed by atoms with van der Waals surface area (Å²) in [5.41, 5.74) is 2.90. The molecule has 2 heterocycles. The molecule has 168 valence electrons. The first-order valence-corrected chi connectivity index (χ1v) is 10.2. The van der Waals surface area contributed by atoms with E-state index >= 15 is 0 Å². The number of benzene rings is 2. The summed E-state index contributed by atoms with van der Waals surface area (Å²) in [4.78, 5) is 23.5. The van der Waals surface area contributed by atoms with Crippen LogP contribution in [0.2, 0.25) is 0 Å². The summed E-state index contributed by atoms with van der Waals surface area (Å²) in [5.74, 6) is -0.240. The fourth-order valence-electron chi connectivity index (χ4n) is 3.57. The molecule has 0 aliphatic heterocycles. The quantitative estimate of drug-likeness (QED) is 0.338. The molecule has 2 aromatic heterocycles. The number of halogens is 1. The van der Waals surface area contributed by atoms with Crippen LogP contribution in [0.15, 0.2) is 60.8 Å². The number of anilines is 1. The predicted molar refractivity (Wildman–Crippen MR) is 120 cm³/mol. The van der Waals surface area contributed by atoms with E-state index in [9.17, 15) is 19.3 Å². The zero-order valence-corrected chi connectivity index (χ0v) is 18.0. The topological polar surface area (TPSA) is 108 Å². The van der Waals surface area contributed by atoms with Crippen molar-refractivity contribution in [3.05, 3.63) is 105 Å². The van der Waals surface area contributed by atoms with E-state index in [4.69, 9.17) is 0 Å². The summed E-state index contributed by atoms with van der Waals surface area (Å²) in [7, 11) is 0. The Kier molecular flexibility index (Phi) is 5.99. The van der Waals surface area contributed by atoms with Crippen LogP contribution in [-0.4, -0.2) is 30.4 Å². The number of carbonyl (C=O) groups excluding carboxylic acids is 1. The lowest BCUT2D eigenvalue weighted by molar-refractivity contribution is -0.386. The number of rotatable bonds is 7. The molecule has 0 spiro atoms. The van der Waals surface area contributed by atoms with Gasteiger partial charge in [-0.2, -0.15) is 10.2 Å². The normalized spacial score (nSPS) is 10.9. The molecule has 0 fully saturated rings. The SMILES string of the molecule is Cc1nn(Cc2cccc(C(=O)Nc3ccn(Cc4ccc(F)cc4)n3)c2)c(C)c1[N+](=O)[O-]. The maximum Gasteiger partial charge on any atom is 0.312 e. The van der Waals surface area contributed by atoms with E-state index in [1.54, 1.807) is 65.8 Å². The number of nitrogens with one attached hydrogen (secondary N) is 1. The van der Waals surface area contributed by atoms with Gasteiger partial charge in [-0.15, -0.1) is 0 Å². The molecule has 10 heteroatoms. The number of nitro groups is 1. The number of hydrogen-bond acceptors (Lipinski definition) is 5. The zero-order chi connectivity index (χ0) is 23.5. The molecule has 0 aliphatic rings. The van der Waals surface area contributed by atoms with Gasteiger partial charge in [0, 0.05) is 17.8 Å². The highest BCUT2D eigenvalue weighted by Gasteiger charge is 2.21. The zero-order valence-electron chi connectivity index (χ0n) is 18.0. The summed E-state index contributed by atoms with van der Waals surface area (Å²) < 4.78 is 16.3. The van der Waals surface area contributed by atoms with E-state index < -0.39 is 4.92 Å². The van der Waals surface area contributed by atoms with E-state index in [0.29, 0.717) is 35.9 Å². The Hall–Kier alpha value is -4.34. The molecule has 4 aromatic rings. The molecular formula is C23H21FN6O3. The molecule has 0 bridgehead atoms. The van der Waals surface area contributed by atoms with Crippen LogP contribution in [-0.2, 0) is 13.1 Å². The molecule has 9 nitrogen and oxygen atoms in total. The van der Waals surface area contributed by atoms with Crippen molar-refractivity contribution in [2.24, 2.45) is 0 Å². The van der Waals surface area contributed by atoms with Gasteiger partial charge in [0.25, 0.3) is 5.91 Å². The Balaban J connectivity index is 1.44. The van der Waals surface area contributed by atoms with Crippen molar-refractivity contribution in [1.29, 1.82) is 0 Å². The summed E-state index contributed by atoms with van der Waals surface area (Å²) in [6.45, 7) is 3.99. The van der Waals surface area contributed by atoms with Crippen LogP contribution in [0, 0.1) is 29.8 Å². The van der Waals surface area contributed by atoms with E-state index in [0.717, 1.165) is 11.1 Å². The molecule has 0 unspecified atom stereocenters. The van der Waals surface area contributed by atoms with Gasteiger partial charge in [-0.05, 0) is 49.2 Å². The van der Waals surface area contributed by atoms with Crippen molar-refractivity contribution >= 4 is 17.4 Å². The Morgan fingerprint density at radius 1 is 1.06 bits per heavy atom. The summed E-state index contributed by atoms with van der Waals surface area (Å²) in [6.07, 6.45) is 1.73. The third kappa shape index (κ3) is 4.95. The fourth-order valence-corrected chi connectivity index (χ4v) is 3.57. The lowest BCUT2D eigenvalue weighted by atomic mass is 10.1. The molecule has 1 N–H and O–H groups in total. The molecule has 4 rings (SSSR count). The lowest BCUT2D eigenvalue weighted by Gasteiger charge is -2.07. The third-order valence-corrected chi connectivity index (χ3v) is 5.19. The first-order chi connectivity index (χ1) is 15.8. The van der Waals surface area contributed by atoms with Crippen molar-refractivity contribution in [3.8, 4) is 0 Å². The Labute approximate surface area is 188 Å². The smallest absolute Gasteiger partial charge is 0.305 e. The number of aromatic nitrogens is 4. The molecule has 0 aliphatic carbocycles. The van der Waals surface area contributed by atoms with Gasteiger partial charge in [-0.3, -0.25) is 24.3 Å². The Morgan fingerprint density at radius 2 is 1.82 bits per heavy atom. The second-order valence-corrected chi connectivity index (χ2v) is 7.61. The molecule has 33 heavy (non-hydrogen) atoms. The molecule has 0 radical (unpaired) electrons. The standard InChI is InChI=1S/C23H21FN6O3/c1-15-22(30(32)33)16(2)29(26-15)14-18-4-3-5-19(12-18)23(31)25-21-10-11-28(27-21)13-17-6-8-20(24)9-7-17/h3-12H,13-14H2,1-2H3,(H,25,27,31). The first-order valence-electron chi connectivity index (χ1n) is 10.2.